The van der Waals surface area contributed by atoms with Crippen molar-refractivity contribution in [2.45, 2.75) is 33.2 Å². The zero-order valence-electron chi connectivity index (χ0n) is 12.2. The van der Waals surface area contributed by atoms with Crippen molar-refractivity contribution in [3.8, 4) is 5.75 Å². The number of para-hydroxylation sites is 1. The Kier molecular flexibility index (Phi) is 4.92. The standard InChI is InChI=1S/C15H19N3O3/c1-3-13-16-14(4-2)18(17-13)9-10-21-12-8-6-5-7-11(12)15(19)20/h5-8H,3-4,9-10H2,1-2H3,(H,19,20). The van der Waals surface area contributed by atoms with Crippen LogP contribution in [0.5, 0.6) is 5.75 Å². The Bertz CT molecular complexity index is 622. The van der Waals surface area contributed by atoms with Gasteiger partial charge in [-0.05, 0) is 12.1 Å². The van der Waals surface area contributed by atoms with Crippen molar-refractivity contribution in [1.82, 2.24) is 14.8 Å². The second-order valence-corrected chi connectivity index (χ2v) is 4.52. The molecule has 21 heavy (non-hydrogen) atoms. The highest BCUT2D eigenvalue weighted by atomic mass is 16.5. The van der Waals surface area contributed by atoms with E-state index in [4.69, 9.17) is 9.84 Å². The lowest BCUT2D eigenvalue weighted by molar-refractivity contribution is 0.0692. The monoisotopic (exact) mass is 289 g/mol. The van der Waals surface area contributed by atoms with E-state index in [2.05, 4.69) is 10.1 Å². The molecule has 0 aliphatic rings. The molecule has 0 aliphatic heterocycles. The van der Waals surface area contributed by atoms with E-state index in [1.807, 2.05) is 18.5 Å². The number of aryl methyl sites for hydroxylation is 2. The lowest BCUT2D eigenvalue weighted by Crippen LogP contribution is -2.13. The van der Waals surface area contributed by atoms with Crippen molar-refractivity contribution in [2.24, 2.45) is 0 Å². The Morgan fingerprint density at radius 2 is 2.05 bits per heavy atom. The molecule has 2 rings (SSSR count). The van der Waals surface area contributed by atoms with Crippen molar-refractivity contribution in [2.75, 3.05) is 6.61 Å². The van der Waals surface area contributed by atoms with Crippen LogP contribution in [0.2, 0.25) is 0 Å². The minimum absolute atomic E-state index is 0.168. The zero-order valence-corrected chi connectivity index (χ0v) is 12.2. The molecule has 0 radical (unpaired) electrons. The summed E-state index contributed by atoms with van der Waals surface area (Å²) in [5.74, 6) is 1.12. The number of aromatic carboxylic acids is 1. The van der Waals surface area contributed by atoms with Crippen molar-refractivity contribution in [1.29, 1.82) is 0 Å². The maximum Gasteiger partial charge on any atom is 0.339 e. The van der Waals surface area contributed by atoms with Crippen LogP contribution in [0.4, 0.5) is 0 Å². The molecule has 6 nitrogen and oxygen atoms in total. The van der Waals surface area contributed by atoms with Gasteiger partial charge in [0.05, 0.1) is 6.54 Å². The summed E-state index contributed by atoms with van der Waals surface area (Å²) in [6.45, 7) is 4.94. The Hall–Kier alpha value is -2.37. The van der Waals surface area contributed by atoms with Gasteiger partial charge in [-0.2, -0.15) is 5.10 Å². The molecular weight excluding hydrogens is 270 g/mol. The molecule has 6 heteroatoms. The Morgan fingerprint density at radius 1 is 1.29 bits per heavy atom. The largest absolute Gasteiger partial charge is 0.491 e. The quantitative estimate of drug-likeness (QED) is 0.845. The first-order valence-corrected chi connectivity index (χ1v) is 7.03. The molecule has 1 aromatic carbocycles. The number of carbonyl (C=O) groups is 1. The van der Waals surface area contributed by atoms with Crippen LogP contribution in [0.15, 0.2) is 24.3 Å². The molecule has 0 saturated heterocycles. The van der Waals surface area contributed by atoms with E-state index >= 15 is 0 Å². The Balaban J connectivity index is 2.02. The highest BCUT2D eigenvalue weighted by Gasteiger charge is 2.11. The SMILES string of the molecule is CCc1nc(CC)n(CCOc2ccccc2C(=O)O)n1. The van der Waals surface area contributed by atoms with E-state index in [1.54, 1.807) is 18.2 Å². The van der Waals surface area contributed by atoms with Gasteiger partial charge in [-0.25, -0.2) is 14.5 Å². The van der Waals surface area contributed by atoms with Crippen molar-refractivity contribution in [3.63, 3.8) is 0 Å². The molecule has 0 bridgehead atoms. The normalized spacial score (nSPS) is 10.6. The Labute approximate surface area is 123 Å². The second-order valence-electron chi connectivity index (χ2n) is 4.52. The number of hydrogen-bond donors (Lipinski definition) is 1. The van der Waals surface area contributed by atoms with E-state index in [0.29, 0.717) is 18.9 Å². The van der Waals surface area contributed by atoms with E-state index in [9.17, 15) is 4.79 Å². The number of carboxylic acid groups (broad SMARTS) is 1. The van der Waals surface area contributed by atoms with Gasteiger partial charge in [-0.3, -0.25) is 0 Å². The van der Waals surface area contributed by atoms with Crippen LogP contribution in [0.3, 0.4) is 0 Å². The fourth-order valence-electron chi connectivity index (χ4n) is 2.03. The highest BCUT2D eigenvalue weighted by Crippen LogP contribution is 2.17. The fraction of sp³-hybridized carbons (Fsp3) is 0.400. The van der Waals surface area contributed by atoms with Crippen LogP contribution in [-0.2, 0) is 19.4 Å². The summed E-state index contributed by atoms with van der Waals surface area (Å²) >= 11 is 0. The van der Waals surface area contributed by atoms with Crippen LogP contribution in [-0.4, -0.2) is 32.4 Å². The molecule has 0 aliphatic carbocycles. The predicted molar refractivity (Wildman–Crippen MR) is 77.7 cm³/mol. The summed E-state index contributed by atoms with van der Waals surface area (Å²) in [4.78, 5) is 15.5. The fourth-order valence-corrected chi connectivity index (χ4v) is 2.03. The number of rotatable bonds is 7. The second kappa shape index (κ2) is 6.88. The summed E-state index contributed by atoms with van der Waals surface area (Å²) in [6.07, 6.45) is 1.60. The molecule has 1 aromatic heterocycles. The van der Waals surface area contributed by atoms with Crippen LogP contribution in [0, 0.1) is 0 Å². The molecule has 2 aromatic rings. The van der Waals surface area contributed by atoms with Crippen molar-refractivity contribution < 1.29 is 14.6 Å². The molecule has 0 fully saturated rings. The first-order valence-electron chi connectivity index (χ1n) is 7.03. The van der Waals surface area contributed by atoms with Gasteiger partial charge in [0.25, 0.3) is 0 Å². The molecule has 1 heterocycles. The number of carboxylic acids is 1. The molecule has 112 valence electrons. The maximum atomic E-state index is 11.1. The average molecular weight is 289 g/mol. The number of benzene rings is 1. The Morgan fingerprint density at radius 3 is 2.71 bits per heavy atom. The smallest absolute Gasteiger partial charge is 0.339 e. The average Bonchev–Trinajstić information content (AvgIpc) is 2.90. The number of hydrogen-bond acceptors (Lipinski definition) is 4. The van der Waals surface area contributed by atoms with Gasteiger partial charge in [0.15, 0.2) is 5.82 Å². The third-order valence-electron chi connectivity index (χ3n) is 3.10. The van der Waals surface area contributed by atoms with Gasteiger partial charge in [0, 0.05) is 12.8 Å². The number of ether oxygens (including phenoxy) is 1. The summed E-state index contributed by atoms with van der Waals surface area (Å²) in [7, 11) is 0. The molecule has 0 atom stereocenters. The minimum atomic E-state index is -0.992. The van der Waals surface area contributed by atoms with Crippen molar-refractivity contribution in [3.05, 3.63) is 41.5 Å². The van der Waals surface area contributed by atoms with E-state index < -0.39 is 5.97 Å². The molecule has 1 N–H and O–H groups in total. The van der Waals surface area contributed by atoms with Gasteiger partial charge in [-0.15, -0.1) is 0 Å². The third-order valence-corrected chi connectivity index (χ3v) is 3.10. The van der Waals surface area contributed by atoms with Crippen LogP contribution >= 0.6 is 0 Å². The van der Waals surface area contributed by atoms with Gasteiger partial charge in [0.2, 0.25) is 0 Å². The van der Waals surface area contributed by atoms with E-state index in [-0.39, 0.29) is 5.56 Å². The number of nitrogens with zero attached hydrogens (tertiary/aromatic N) is 3. The first kappa shape index (κ1) is 15.0. The van der Waals surface area contributed by atoms with Crippen LogP contribution < -0.4 is 4.74 Å². The first-order chi connectivity index (χ1) is 10.2. The molecular formula is C15H19N3O3. The highest BCUT2D eigenvalue weighted by molar-refractivity contribution is 5.90. The molecule has 0 unspecified atom stereocenters. The lowest BCUT2D eigenvalue weighted by Gasteiger charge is -2.09. The summed E-state index contributed by atoms with van der Waals surface area (Å²) < 4.78 is 7.40. The number of aromatic nitrogens is 3. The summed E-state index contributed by atoms with van der Waals surface area (Å²) in [5, 5.41) is 13.5. The summed E-state index contributed by atoms with van der Waals surface area (Å²) in [6, 6.07) is 6.61. The van der Waals surface area contributed by atoms with Crippen molar-refractivity contribution >= 4 is 5.97 Å². The molecule has 0 saturated carbocycles. The lowest BCUT2D eigenvalue weighted by atomic mass is 10.2. The molecule has 0 amide bonds. The minimum Gasteiger partial charge on any atom is -0.491 e. The topological polar surface area (TPSA) is 77.2 Å². The van der Waals surface area contributed by atoms with Crippen LogP contribution in [0.25, 0.3) is 0 Å². The van der Waals surface area contributed by atoms with E-state index in [1.165, 1.54) is 6.07 Å². The third kappa shape index (κ3) is 3.59. The zero-order chi connectivity index (χ0) is 15.2. The molecule has 0 spiro atoms. The predicted octanol–water partition coefficient (Wildman–Crippen LogP) is 2.18. The maximum absolute atomic E-state index is 11.1. The van der Waals surface area contributed by atoms with Gasteiger partial charge in [-0.1, -0.05) is 26.0 Å². The van der Waals surface area contributed by atoms with Gasteiger partial charge >= 0.3 is 5.97 Å². The summed E-state index contributed by atoms with van der Waals surface area (Å²) in [5.41, 5.74) is 0.168. The van der Waals surface area contributed by atoms with Crippen LogP contribution in [0.1, 0.15) is 35.9 Å². The van der Waals surface area contributed by atoms with Gasteiger partial charge < -0.3 is 9.84 Å². The van der Waals surface area contributed by atoms with E-state index in [0.717, 1.165) is 24.5 Å². The van der Waals surface area contributed by atoms with Gasteiger partial charge in [0.1, 0.15) is 23.7 Å².